The Kier molecular flexibility index (Phi) is 8.92. The van der Waals surface area contributed by atoms with Crippen LogP contribution in [0.5, 0.6) is 5.75 Å². The number of hydrogen-bond donors (Lipinski definition) is 2. The molecule has 1 heterocycles. The second kappa shape index (κ2) is 11.2. The highest BCUT2D eigenvalue weighted by Gasteiger charge is 2.31. The van der Waals surface area contributed by atoms with Gasteiger partial charge in [0.1, 0.15) is 18.6 Å². The van der Waals surface area contributed by atoms with E-state index < -0.39 is 6.23 Å². The van der Waals surface area contributed by atoms with E-state index in [9.17, 15) is 9.90 Å². The van der Waals surface area contributed by atoms with Crippen LogP contribution in [0.2, 0.25) is 0 Å². The molecule has 26 heavy (non-hydrogen) atoms. The molecule has 1 saturated heterocycles. The Morgan fingerprint density at radius 2 is 1.96 bits per heavy atom. The Balaban J connectivity index is 1.61. The largest absolute Gasteiger partial charge is 0.494 e. The Morgan fingerprint density at radius 3 is 2.65 bits per heavy atom. The predicted molar refractivity (Wildman–Crippen MR) is 102 cm³/mol. The first kappa shape index (κ1) is 20.7. The lowest BCUT2D eigenvalue weighted by molar-refractivity contribution is -0.145. The fraction of sp³-hybridized carbons (Fsp3) is 0.667. The summed E-state index contributed by atoms with van der Waals surface area (Å²) in [5.74, 6) is 0.906. The van der Waals surface area contributed by atoms with E-state index in [1.165, 1.54) is 0 Å². The maximum Gasteiger partial charge on any atom is 0.306 e. The van der Waals surface area contributed by atoms with Crippen molar-refractivity contribution in [3.05, 3.63) is 29.8 Å². The molecule has 0 aliphatic carbocycles. The quantitative estimate of drug-likeness (QED) is 0.586. The number of rotatable bonds is 11. The van der Waals surface area contributed by atoms with Gasteiger partial charge >= 0.3 is 5.97 Å². The van der Waals surface area contributed by atoms with Crippen molar-refractivity contribution in [1.29, 1.82) is 0 Å². The number of aliphatic hydroxyl groups excluding tert-OH is 1. The van der Waals surface area contributed by atoms with Crippen molar-refractivity contribution >= 4 is 5.97 Å². The van der Waals surface area contributed by atoms with Gasteiger partial charge in [0.2, 0.25) is 0 Å². The number of aliphatic hydroxyl groups is 1. The summed E-state index contributed by atoms with van der Waals surface area (Å²) in [6, 6.07) is 8.07. The molecule has 1 aliphatic rings. The molecule has 0 saturated carbocycles. The highest BCUT2D eigenvalue weighted by Crippen LogP contribution is 2.26. The molecule has 3 atom stereocenters. The van der Waals surface area contributed by atoms with Crippen LogP contribution in [0.15, 0.2) is 24.3 Å². The topological polar surface area (TPSA) is 67.8 Å². The maximum absolute atomic E-state index is 11.9. The summed E-state index contributed by atoms with van der Waals surface area (Å²) < 4.78 is 10.9. The third-order valence-corrected chi connectivity index (χ3v) is 4.83. The normalized spacial score (nSPS) is 22.3. The molecule has 2 N–H and O–H groups in total. The van der Waals surface area contributed by atoms with E-state index in [1.54, 1.807) is 0 Å². The monoisotopic (exact) mass is 363 g/mol. The van der Waals surface area contributed by atoms with Crippen molar-refractivity contribution in [2.75, 3.05) is 6.61 Å². The average Bonchev–Trinajstić information content (AvgIpc) is 2.99. The lowest BCUT2D eigenvalue weighted by Gasteiger charge is -2.13. The molecule has 5 heteroatoms. The third kappa shape index (κ3) is 6.96. The summed E-state index contributed by atoms with van der Waals surface area (Å²) in [7, 11) is 0. The molecule has 1 fully saturated rings. The minimum Gasteiger partial charge on any atom is -0.494 e. The molecule has 0 radical (unpaired) electrons. The Hall–Kier alpha value is -1.59. The maximum atomic E-state index is 11.9. The molecule has 146 valence electrons. The predicted octanol–water partition coefficient (Wildman–Crippen LogP) is 3.79. The summed E-state index contributed by atoms with van der Waals surface area (Å²) in [6.07, 6.45) is 5.77. The van der Waals surface area contributed by atoms with Gasteiger partial charge in [0.15, 0.2) is 0 Å². The highest BCUT2D eigenvalue weighted by molar-refractivity contribution is 5.69. The molecule has 1 aromatic carbocycles. The number of esters is 1. The first-order valence-electron chi connectivity index (χ1n) is 9.93. The molecule has 0 amide bonds. The van der Waals surface area contributed by atoms with Gasteiger partial charge in [-0.3, -0.25) is 10.1 Å². The summed E-state index contributed by atoms with van der Waals surface area (Å²) in [5.41, 5.74) is 0.958. The van der Waals surface area contributed by atoms with Crippen LogP contribution in [0.25, 0.3) is 0 Å². The van der Waals surface area contributed by atoms with Crippen molar-refractivity contribution in [3.8, 4) is 5.75 Å². The van der Waals surface area contributed by atoms with Crippen LogP contribution in [0.3, 0.4) is 0 Å². The van der Waals surface area contributed by atoms with Crippen LogP contribution >= 0.6 is 0 Å². The van der Waals surface area contributed by atoms with Crippen LogP contribution in [0, 0.1) is 5.92 Å². The van der Waals surface area contributed by atoms with Gasteiger partial charge in [0.05, 0.1) is 6.61 Å². The van der Waals surface area contributed by atoms with Gasteiger partial charge in [-0.05, 0) is 55.7 Å². The fourth-order valence-corrected chi connectivity index (χ4v) is 3.41. The lowest BCUT2D eigenvalue weighted by atomic mass is 9.96. The van der Waals surface area contributed by atoms with Gasteiger partial charge in [-0.15, -0.1) is 0 Å². The minimum atomic E-state index is -0.434. The van der Waals surface area contributed by atoms with Crippen molar-refractivity contribution < 1.29 is 19.4 Å². The average molecular weight is 363 g/mol. The van der Waals surface area contributed by atoms with E-state index in [0.29, 0.717) is 25.7 Å². The van der Waals surface area contributed by atoms with Gasteiger partial charge in [-0.2, -0.15) is 0 Å². The number of carbonyl (C=O) groups excluding carboxylic acids is 1. The molecular weight excluding hydrogens is 330 g/mol. The lowest BCUT2D eigenvalue weighted by Crippen LogP contribution is -2.30. The minimum absolute atomic E-state index is 0.179. The van der Waals surface area contributed by atoms with E-state index in [2.05, 4.69) is 19.2 Å². The van der Waals surface area contributed by atoms with Crippen molar-refractivity contribution in [3.63, 3.8) is 0 Å². The van der Waals surface area contributed by atoms with Crippen molar-refractivity contribution in [2.45, 2.75) is 77.7 Å². The number of carbonyl (C=O) groups is 1. The van der Waals surface area contributed by atoms with Gasteiger partial charge in [-0.25, -0.2) is 0 Å². The van der Waals surface area contributed by atoms with E-state index >= 15 is 0 Å². The number of benzene rings is 1. The fourth-order valence-electron chi connectivity index (χ4n) is 3.41. The molecule has 0 aromatic heterocycles. The number of nitrogens with one attached hydrogen (secondary N) is 1. The summed E-state index contributed by atoms with van der Waals surface area (Å²) in [5, 5.41) is 13.3. The summed E-state index contributed by atoms with van der Waals surface area (Å²) in [6.45, 7) is 5.22. The van der Waals surface area contributed by atoms with Crippen molar-refractivity contribution in [1.82, 2.24) is 5.32 Å². The third-order valence-electron chi connectivity index (χ3n) is 4.83. The van der Waals surface area contributed by atoms with Gasteiger partial charge in [-0.1, -0.05) is 32.4 Å². The standard InChI is InChI=1S/C21H33NO4/c1-3-6-18-14-17(21(24)22-18)7-5-8-20(23)26-15-16-9-11-19(12-10-16)25-13-4-2/h9-12,17-18,21-22,24H,3-8,13-15H2,1-2H3. The van der Waals surface area contributed by atoms with E-state index in [-0.39, 0.29) is 11.9 Å². The first-order chi connectivity index (χ1) is 12.6. The molecule has 0 spiro atoms. The molecule has 2 rings (SSSR count). The van der Waals surface area contributed by atoms with Gasteiger partial charge in [0.25, 0.3) is 0 Å². The summed E-state index contributed by atoms with van der Waals surface area (Å²) in [4.78, 5) is 11.9. The van der Waals surface area contributed by atoms with E-state index in [1.807, 2.05) is 24.3 Å². The molecule has 3 unspecified atom stereocenters. The SMILES string of the molecule is CCCOc1ccc(COC(=O)CCCC2CC(CCC)NC2O)cc1. The van der Waals surface area contributed by atoms with Crippen LogP contribution in [0.1, 0.15) is 64.4 Å². The molecule has 5 nitrogen and oxygen atoms in total. The molecule has 1 aliphatic heterocycles. The summed E-state index contributed by atoms with van der Waals surface area (Å²) >= 11 is 0. The number of ether oxygens (including phenoxy) is 2. The van der Waals surface area contributed by atoms with Gasteiger partial charge < -0.3 is 14.6 Å². The Labute approximate surface area is 157 Å². The van der Waals surface area contributed by atoms with Crippen molar-refractivity contribution in [2.24, 2.45) is 5.92 Å². The van der Waals surface area contributed by atoms with Crippen LogP contribution in [-0.2, 0) is 16.1 Å². The van der Waals surface area contributed by atoms with E-state index in [4.69, 9.17) is 9.47 Å². The highest BCUT2D eigenvalue weighted by atomic mass is 16.5. The first-order valence-corrected chi connectivity index (χ1v) is 9.93. The second-order valence-electron chi connectivity index (χ2n) is 7.14. The van der Waals surface area contributed by atoms with Crippen LogP contribution in [0.4, 0.5) is 0 Å². The zero-order chi connectivity index (χ0) is 18.8. The van der Waals surface area contributed by atoms with Crippen LogP contribution < -0.4 is 10.1 Å². The van der Waals surface area contributed by atoms with E-state index in [0.717, 1.165) is 49.8 Å². The van der Waals surface area contributed by atoms with Crippen LogP contribution in [-0.4, -0.2) is 30.0 Å². The molecule has 1 aromatic rings. The smallest absolute Gasteiger partial charge is 0.306 e. The zero-order valence-electron chi connectivity index (χ0n) is 16.1. The van der Waals surface area contributed by atoms with Gasteiger partial charge in [0, 0.05) is 12.5 Å². The molecular formula is C21H33NO4. The number of hydrogen-bond acceptors (Lipinski definition) is 5. The second-order valence-corrected chi connectivity index (χ2v) is 7.14. The molecule has 0 bridgehead atoms. The Morgan fingerprint density at radius 1 is 1.19 bits per heavy atom. The zero-order valence-corrected chi connectivity index (χ0v) is 16.1. The Bertz CT molecular complexity index is 531.